The number of fused-ring (bicyclic) bond motifs is 1. The highest BCUT2D eigenvalue weighted by Crippen LogP contribution is 2.29. The predicted molar refractivity (Wildman–Crippen MR) is 88.3 cm³/mol. The first kappa shape index (κ1) is 14.4. The zero-order chi connectivity index (χ0) is 15.0. The van der Waals surface area contributed by atoms with Crippen LogP contribution in [0.1, 0.15) is 10.6 Å². The van der Waals surface area contributed by atoms with E-state index < -0.39 is 0 Å². The van der Waals surface area contributed by atoms with E-state index >= 15 is 0 Å². The molecule has 0 aliphatic heterocycles. The van der Waals surface area contributed by atoms with Crippen LogP contribution >= 0.6 is 39.1 Å². The van der Waals surface area contributed by atoms with Gasteiger partial charge in [0.15, 0.2) is 5.76 Å². The topological polar surface area (TPSA) is 42.2 Å². The van der Waals surface area contributed by atoms with Crippen LogP contribution in [0.15, 0.2) is 51.4 Å². The molecule has 0 aliphatic rings. The number of rotatable bonds is 2. The van der Waals surface area contributed by atoms with E-state index in [4.69, 9.17) is 27.6 Å². The summed E-state index contributed by atoms with van der Waals surface area (Å²) in [6, 6.07) is 12.1. The molecule has 0 saturated carbocycles. The zero-order valence-electron chi connectivity index (χ0n) is 10.5. The summed E-state index contributed by atoms with van der Waals surface area (Å²) in [7, 11) is 0. The monoisotopic (exact) mass is 383 g/mol. The van der Waals surface area contributed by atoms with Gasteiger partial charge in [0.1, 0.15) is 5.58 Å². The summed E-state index contributed by atoms with van der Waals surface area (Å²) in [5.74, 6) is -0.162. The number of carbonyl (C=O) groups is 1. The second kappa shape index (κ2) is 5.72. The Labute approximate surface area is 139 Å². The largest absolute Gasteiger partial charge is 0.451 e. The van der Waals surface area contributed by atoms with Crippen molar-refractivity contribution in [2.45, 2.75) is 0 Å². The molecule has 1 aromatic heterocycles. The Morgan fingerprint density at radius 2 is 1.95 bits per heavy atom. The summed E-state index contributed by atoms with van der Waals surface area (Å²) in [6.45, 7) is 0. The smallest absolute Gasteiger partial charge is 0.291 e. The lowest BCUT2D eigenvalue weighted by molar-refractivity contribution is 0.0998. The third-order valence-electron chi connectivity index (χ3n) is 2.91. The summed E-state index contributed by atoms with van der Waals surface area (Å²) in [5.41, 5.74) is 1.11. The average molecular weight is 385 g/mol. The van der Waals surface area contributed by atoms with Gasteiger partial charge in [0, 0.05) is 14.9 Å². The molecule has 0 fully saturated rings. The molecule has 0 atom stereocenters. The van der Waals surface area contributed by atoms with E-state index in [1.54, 1.807) is 30.3 Å². The highest BCUT2D eigenvalue weighted by Gasteiger charge is 2.15. The molecule has 21 heavy (non-hydrogen) atoms. The number of benzene rings is 2. The van der Waals surface area contributed by atoms with Gasteiger partial charge in [-0.3, -0.25) is 4.79 Å². The van der Waals surface area contributed by atoms with Crippen molar-refractivity contribution in [2.75, 3.05) is 5.32 Å². The molecule has 1 heterocycles. The van der Waals surface area contributed by atoms with E-state index in [1.165, 1.54) is 0 Å². The molecule has 3 rings (SSSR count). The number of carbonyl (C=O) groups excluding carboxylic acids is 1. The molecular weight excluding hydrogens is 377 g/mol. The molecule has 0 unspecified atom stereocenters. The van der Waals surface area contributed by atoms with Crippen LogP contribution < -0.4 is 5.32 Å². The predicted octanol–water partition coefficient (Wildman–Crippen LogP) is 5.75. The van der Waals surface area contributed by atoms with Crippen LogP contribution in [0.25, 0.3) is 11.0 Å². The second-order valence-electron chi connectivity index (χ2n) is 4.34. The quantitative estimate of drug-likeness (QED) is 0.610. The van der Waals surface area contributed by atoms with Crippen LogP contribution in [-0.2, 0) is 0 Å². The van der Waals surface area contributed by atoms with E-state index in [9.17, 15) is 4.79 Å². The number of amides is 1. The van der Waals surface area contributed by atoms with Gasteiger partial charge in [0.2, 0.25) is 0 Å². The molecule has 106 valence electrons. The molecule has 0 spiro atoms. The van der Waals surface area contributed by atoms with Crippen LogP contribution in [-0.4, -0.2) is 5.91 Å². The summed E-state index contributed by atoms with van der Waals surface area (Å²) in [4.78, 5) is 12.2. The fourth-order valence-corrected chi connectivity index (χ4v) is 2.83. The van der Waals surface area contributed by atoms with Crippen LogP contribution in [0.5, 0.6) is 0 Å². The van der Waals surface area contributed by atoms with Gasteiger partial charge < -0.3 is 9.73 Å². The normalized spacial score (nSPS) is 10.8. The maximum atomic E-state index is 12.2. The lowest BCUT2D eigenvalue weighted by atomic mass is 10.2. The SMILES string of the molecule is O=C(Nc1ccc(Cl)cc1Cl)c1cc2c(Br)cccc2o1. The Bertz CT molecular complexity index is 845. The number of furan rings is 1. The molecule has 0 saturated heterocycles. The minimum atomic E-state index is -0.373. The lowest BCUT2D eigenvalue weighted by Gasteiger charge is -2.05. The van der Waals surface area contributed by atoms with E-state index in [-0.39, 0.29) is 11.7 Å². The fraction of sp³-hybridized carbons (Fsp3) is 0. The average Bonchev–Trinajstić information content (AvgIpc) is 2.87. The van der Waals surface area contributed by atoms with Crippen LogP contribution in [0.4, 0.5) is 5.69 Å². The fourth-order valence-electron chi connectivity index (χ4n) is 1.91. The first-order valence-corrected chi connectivity index (χ1v) is 7.54. The Balaban J connectivity index is 1.92. The highest BCUT2D eigenvalue weighted by molar-refractivity contribution is 9.10. The molecule has 0 aliphatic carbocycles. The first-order valence-electron chi connectivity index (χ1n) is 5.99. The van der Waals surface area contributed by atoms with Crippen molar-refractivity contribution < 1.29 is 9.21 Å². The Kier molecular flexibility index (Phi) is 3.93. The number of halogens is 3. The van der Waals surface area contributed by atoms with Crippen molar-refractivity contribution in [3.8, 4) is 0 Å². The maximum Gasteiger partial charge on any atom is 0.291 e. The first-order chi connectivity index (χ1) is 10.0. The van der Waals surface area contributed by atoms with Crippen molar-refractivity contribution in [3.05, 3.63) is 62.7 Å². The van der Waals surface area contributed by atoms with Crippen LogP contribution in [0.2, 0.25) is 10.0 Å². The third kappa shape index (κ3) is 2.93. The van der Waals surface area contributed by atoms with Gasteiger partial charge in [0.25, 0.3) is 5.91 Å². The van der Waals surface area contributed by atoms with Gasteiger partial charge in [-0.1, -0.05) is 45.2 Å². The van der Waals surface area contributed by atoms with E-state index in [2.05, 4.69) is 21.2 Å². The zero-order valence-corrected chi connectivity index (χ0v) is 13.6. The van der Waals surface area contributed by atoms with Crippen molar-refractivity contribution in [2.24, 2.45) is 0 Å². The molecule has 1 amide bonds. The standard InChI is InChI=1S/C15H8BrCl2NO2/c16-10-2-1-3-13-9(10)7-14(21-13)15(20)19-12-5-4-8(17)6-11(12)18/h1-7H,(H,19,20). The van der Waals surface area contributed by atoms with Crippen molar-refractivity contribution in [3.63, 3.8) is 0 Å². The molecule has 0 radical (unpaired) electrons. The molecule has 3 nitrogen and oxygen atoms in total. The number of anilines is 1. The highest BCUT2D eigenvalue weighted by atomic mass is 79.9. The maximum absolute atomic E-state index is 12.2. The molecule has 6 heteroatoms. The van der Waals surface area contributed by atoms with Gasteiger partial charge in [-0.15, -0.1) is 0 Å². The Hall–Kier alpha value is -1.49. The number of hydrogen-bond acceptors (Lipinski definition) is 2. The van der Waals surface area contributed by atoms with Crippen LogP contribution in [0.3, 0.4) is 0 Å². The van der Waals surface area contributed by atoms with E-state index in [1.807, 2.05) is 12.1 Å². The molecule has 0 bridgehead atoms. The van der Waals surface area contributed by atoms with Gasteiger partial charge in [-0.05, 0) is 36.4 Å². The van der Waals surface area contributed by atoms with Gasteiger partial charge in [-0.2, -0.15) is 0 Å². The molecule has 2 aromatic carbocycles. The second-order valence-corrected chi connectivity index (χ2v) is 6.04. The number of nitrogens with one attached hydrogen (secondary N) is 1. The minimum absolute atomic E-state index is 0.211. The van der Waals surface area contributed by atoms with Gasteiger partial charge in [0.05, 0.1) is 10.7 Å². The summed E-state index contributed by atoms with van der Waals surface area (Å²) >= 11 is 15.3. The summed E-state index contributed by atoms with van der Waals surface area (Å²) in [5, 5.41) is 4.41. The minimum Gasteiger partial charge on any atom is -0.451 e. The van der Waals surface area contributed by atoms with Gasteiger partial charge >= 0.3 is 0 Å². The van der Waals surface area contributed by atoms with Crippen molar-refractivity contribution in [1.82, 2.24) is 0 Å². The van der Waals surface area contributed by atoms with E-state index in [0.717, 1.165) is 9.86 Å². The third-order valence-corrected chi connectivity index (χ3v) is 4.15. The summed E-state index contributed by atoms with van der Waals surface area (Å²) < 4.78 is 6.40. The van der Waals surface area contributed by atoms with E-state index in [0.29, 0.717) is 21.3 Å². The Morgan fingerprint density at radius 3 is 2.67 bits per heavy atom. The van der Waals surface area contributed by atoms with Crippen molar-refractivity contribution >= 4 is 61.7 Å². The lowest BCUT2D eigenvalue weighted by Crippen LogP contribution is -2.11. The molecule has 3 aromatic rings. The molecular formula is C15H8BrCl2NO2. The number of hydrogen-bond donors (Lipinski definition) is 1. The summed E-state index contributed by atoms with van der Waals surface area (Å²) in [6.07, 6.45) is 0. The molecule has 1 N–H and O–H groups in total. The van der Waals surface area contributed by atoms with Gasteiger partial charge in [-0.25, -0.2) is 0 Å². The van der Waals surface area contributed by atoms with Crippen LogP contribution in [0, 0.1) is 0 Å². The Morgan fingerprint density at radius 1 is 1.14 bits per heavy atom. The van der Waals surface area contributed by atoms with Crippen molar-refractivity contribution in [1.29, 1.82) is 0 Å².